The van der Waals surface area contributed by atoms with Gasteiger partial charge in [-0.05, 0) is 71.0 Å². The fourth-order valence-electron chi connectivity index (χ4n) is 3.05. The highest BCUT2D eigenvalue weighted by Crippen LogP contribution is 2.39. The van der Waals surface area contributed by atoms with Crippen molar-refractivity contribution in [3.05, 3.63) is 31.8 Å². The van der Waals surface area contributed by atoms with Crippen molar-refractivity contribution >= 4 is 38.5 Å². The minimum absolute atomic E-state index is 0.184. The minimum atomic E-state index is 0.184. The fraction of sp³-hybridized carbons (Fsp3) is 0.600. The molecule has 0 heterocycles. The molecule has 1 aromatic rings. The Kier molecular flexibility index (Phi) is 5.51. The van der Waals surface area contributed by atoms with Gasteiger partial charge in [0.2, 0.25) is 0 Å². The molecule has 1 aliphatic rings. The summed E-state index contributed by atoms with van der Waals surface area (Å²) >= 11 is 6.01. The third kappa shape index (κ3) is 3.48. The van der Waals surface area contributed by atoms with E-state index in [1.807, 2.05) is 0 Å². The van der Waals surface area contributed by atoms with Crippen LogP contribution >= 0.6 is 38.5 Å². The summed E-state index contributed by atoms with van der Waals surface area (Å²) in [5.41, 5.74) is 7.80. The molecular formula is C15H21BrIN. The first-order chi connectivity index (χ1) is 8.61. The third-order valence-corrected chi connectivity index (χ3v) is 5.62. The van der Waals surface area contributed by atoms with Crippen LogP contribution in [0.4, 0.5) is 0 Å². The lowest BCUT2D eigenvalue weighted by atomic mass is 9.75. The molecule has 1 nitrogen and oxygen atoms in total. The molecule has 3 atom stereocenters. The third-order valence-electron chi connectivity index (χ3n) is 4.23. The molecule has 0 radical (unpaired) electrons. The molecule has 100 valence electrons. The van der Waals surface area contributed by atoms with E-state index in [-0.39, 0.29) is 6.04 Å². The average Bonchev–Trinajstić information content (AvgIpc) is 2.41. The largest absolute Gasteiger partial charge is 0.324 e. The molecule has 1 aliphatic carbocycles. The van der Waals surface area contributed by atoms with Gasteiger partial charge in [-0.2, -0.15) is 0 Å². The fourth-order valence-corrected chi connectivity index (χ4v) is 4.08. The Morgan fingerprint density at radius 2 is 2.22 bits per heavy atom. The van der Waals surface area contributed by atoms with Crippen LogP contribution in [0.25, 0.3) is 0 Å². The van der Waals surface area contributed by atoms with Crippen LogP contribution < -0.4 is 5.73 Å². The smallest absolute Gasteiger partial charge is 0.0335 e. The predicted octanol–water partition coefficient (Wildman–Crippen LogP) is 5.27. The Balaban J connectivity index is 2.14. The first-order valence-electron chi connectivity index (χ1n) is 6.82. The van der Waals surface area contributed by atoms with Crippen LogP contribution in [0.5, 0.6) is 0 Å². The van der Waals surface area contributed by atoms with Gasteiger partial charge >= 0.3 is 0 Å². The van der Waals surface area contributed by atoms with Gasteiger partial charge < -0.3 is 5.73 Å². The van der Waals surface area contributed by atoms with Gasteiger partial charge in [0.1, 0.15) is 0 Å². The first-order valence-corrected chi connectivity index (χ1v) is 8.69. The number of hydrogen-bond donors (Lipinski definition) is 1. The van der Waals surface area contributed by atoms with Gasteiger partial charge in [-0.15, -0.1) is 0 Å². The van der Waals surface area contributed by atoms with E-state index in [1.165, 1.54) is 41.2 Å². The minimum Gasteiger partial charge on any atom is -0.324 e. The van der Waals surface area contributed by atoms with Crippen LogP contribution in [0.15, 0.2) is 22.7 Å². The van der Waals surface area contributed by atoms with Crippen LogP contribution in [-0.2, 0) is 0 Å². The standard InChI is InChI=1S/C15H21BrIN/c1-2-10-4-3-5-11(8-10)15(18)13-9-12(17)6-7-14(13)16/h6-7,9-11,15H,2-5,8,18H2,1H3. The lowest BCUT2D eigenvalue weighted by Crippen LogP contribution is -2.27. The van der Waals surface area contributed by atoms with E-state index >= 15 is 0 Å². The topological polar surface area (TPSA) is 26.0 Å². The predicted molar refractivity (Wildman–Crippen MR) is 89.5 cm³/mol. The van der Waals surface area contributed by atoms with Crippen LogP contribution in [-0.4, -0.2) is 0 Å². The van der Waals surface area contributed by atoms with Gasteiger partial charge in [0, 0.05) is 14.1 Å². The lowest BCUT2D eigenvalue weighted by Gasteiger charge is -2.33. The van der Waals surface area contributed by atoms with E-state index in [0.29, 0.717) is 5.92 Å². The van der Waals surface area contributed by atoms with Crippen molar-refractivity contribution < 1.29 is 0 Å². The summed E-state index contributed by atoms with van der Waals surface area (Å²) in [5, 5.41) is 0. The highest BCUT2D eigenvalue weighted by molar-refractivity contribution is 14.1. The Morgan fingerprint density at radius 3 is 2.94 bits per heavy atom. The zero-order chi connectivity index (χ0) is 13.1. The molecule has 0 aliphatic heterocycles. The van der Waals surface area contributed by atoms with E-state index in [4.69, 9.17) is 5.73 Å². The van der Waals surface area contributed by atoms with Crippen molar-refractivity contribution in [3.63, 3.8) is 0 Å². The summed E-state index contributed by atoms with van der Waals surface area (Å²) in [6, 6.07) is 6.65. The Morgan fingerprint density at radius 1 is 1.44 bits per heavy atom. The number of rotatable bonds is 3. The lowest BCUT2D eigenvalue weighted by molar-refractivity contribution is 0.230. The van der Waals surface area contributed by atoms with E-state index in [9.17, 15) is 0 Å². The second-order valence-corrected chi connectivity index (χ2v) is 7.49. The Hall–Kier alpha value is 0.390. The molecular weight excluding hydrogens is 401 g/mol. The highest BCUT2D eigenvalue weighted by atomic mass is 127. The number of hydrogen-bond acceptors (Lipinski definition) is 1. The van der Waals surface area contributed by atoms with Gasteiger partial charge in [-0.1, -0.05) is 42.1 Å². The summed E-state index contributed by atoms with van der Waals surface area (Å²) < 4.78 is 2.43. The molecule has 1 aromatic carbocycles. The summed E-state index contributed by atoms with van der Waals surface area (Å²) in [6.45, 7) is 2.31. The maximum absolute atomic E-state index is 6.52. The molecule has 1 saturated carbocycles. The molecule has 18 heavy (non-hydrogen) atoms. The first kappa shape index (κ1) is 14.8. The van der Waals surface area contributed by atoms with E-state index < -0.39 is 0 Å². The monoisotopic (exact) mass is 421 g/mol. The summed E-state index contributed by atoms with van der Waals surface area (Å²) in [4.78, 5) is 0. The van der Waals surface area contributed by atoms with Crippen molar-refractivity contribution in [2.24, 2.45) is 17.6 Å². The number of nitrogens with two attached hydrogens (primary N) is 1. The normalized spacial score (nSPS) is 26.0. The molecule has 2 N–H and O–H groups in total. The maximum Gasteiger partial charge on any atom is 0.0335 e. The zero-order valence-electron chi connectivity index (χ0n) is 10.8. The SMILES string of the molecule is CCC1CCCC(C(N)c2cc(I)ccc2Br)C1. The highest BCUT2D eigenvalue weighted by Gasteiger charge is 2.27. The molecule has 0 spiro atoms. The zero-order valence-corrected chi connectivity index (χ0v) is 14.6. The van der Waals surface area contributed by atoms with Crippen LogP contribution in [0.3, 0.4) is 0 Å². The van der Waals surface area contributed by atoms with Gasteiger partial charge in [0.25, 0.3) is 0 Å². The van der Waals surface area contributed by atoms with Crippen molar-refractivity contribution in [3.8, 4) is 0 Å². The molecule has 0 amide bonds. The van der Waals surface area contributed by atoms with Gasteiger partial charge in [-0.25, -0.2) is 0 Å². The molecule has 0 bridgehead atoms. The van der Waals surface area contributed by atoms with Gasteiger partial charge in [0.05, 0.1) is 0 Å². The van der Waals surface area contributed by atoms with Crippen LogP contribution in [0.1, 0.15) is 50.6 Å². The Bertz CT molecular complexity index is 407. The summed E-state index contributed by atoms with van der Waals surface area (Å²) in [5.74, 6) is 1.54. The van der Waals surface area contributed by atoms with Crippen molar-refractivity contribution in [1.82, 2.24) is 0 Å². The molecule has 1 fully saturated rings. The van der Waals surface area contributed by atoms with Crippen molar-refractivity contribution in [2.75, 3.05) is 0 Å². The van der Waals surface area contributed by atoms with E-state index in [2.05, 4.69) is 63.6 Å². The van der Waals surface area contributed by atoms with Gasteiger partial charge in [0.15, 0.2) is 0 Å². The maximum atomic E-state index is 6.52. The second kappa shape index (κ2) is 6.71. The molecule has 0 aromatic heterocycles. The number of halogens is 2. The molecule has 3 heteroatoms. The molecule has 0 saturated heterocycles. The van der Waals surface area contributed by atoms with Crippen LogP contribution in [0.2, 0.25) is 0 Å². The van der Waals surface area contributed by atoms with Gasteiger partial charge in [-0.3, -0.25) is 0 Å². The average molecular weight is 422 g/mol. The van der Waals surface area contributed by atoms with Crippen molar-refractivity contribution in [1.29, 1.82) is 0 Å². The van der Waals surface area contributed by atoms with Crippen LogP contribution in [0, 0.1) is 15.4 Å². The molecule has 2 rings (SSSR count). The van der Waals surface area contributed by atoms with E-state index in [0.717, 1.165) is 10.4 Å². The van der Waals surface area contributed by atoms with E-state index in [1.54, 1.807) is 0 Å². The molecule has 3 unspecified atom stereocenters. The number of benzene rings is 1. The Labute approximate surface area is 132 Å². The quantitative estimate of drug-likeness (QED) is 0.661. The van der Waals surface area contributed by atoms with Crippen molar-refractivity contribution in [2.45, 2.75) is 45.1 Å². The second-order valence-electron chi connectivity index (χ2n) is 5.39. The summed E-state index contributed by atoms with van der Waals surface area (Å²) in [7, 11) is 0. The summed E-state index contributed by atoms with van der Waals surface area (Å²) in [6.07, 6.45) is 6.63.